The summed E-state index contributed by atoms with van der Waals surface area (Å²) in [7, 11) is 4.38. The van der Waals surface area contributed by atoms with Gasteiger partial charge in [-0.05, 0) is 72.3 Å². The molecule has 3 nitrogen and oxygen atoms in total. The monoisotopic (exact) mass is 269 g/mol. The average Bonchev–Trinajstić information content (AvgIpc) is 2.34. The van der Waals surface area contributed by atoms with E-state index in [1.165, 1.54) is 51.9 Å². The van der Waals surface area contributed by atoms with Gasteiger partial charge in [0, 0.05) is 18.6 Å². The zero-order valence-electron chi connectivity index (χ0n) is 13.8. The Morgan fingerprint density at radius 2 is 1.79 bits per heavy atom. The molecule has 1 saturated heterocycles. The van der Waals surface area contributed by atoms with Crippen molar-refractivity contribution in [3.8, 4) is 0 Å². The minimum atomic E-state index is 0.622. The van der Waals surface area contributed by atoms with E-state index in [0.29, 0.717) is 6.04 Å². The lowest BCUT2D eigenvalue weighted by Crippen LogP contribution is -2.42. The Balaban J connectivity index is 2.12. The van der Waals surface area contributed by atoms with Gasteiger partial charge < -0.3 is 15.1 Å². The van der Waals surface area contributed by atoms with E-state index in [9.17, 15) is 0 Å². The SMILES string of the molecule is CC(C)NCCCC(C)N1CCC(CN(C)C)CC1. The number of rotatable bonds is 8. The first-order valence-corrected chi connectivity index (χ1v) is 8.11. The lowest BCUT2D eigenvalue weighted by atomic mass is 9.95. The second-order valence-electron chi connectivity index (χ2n) is 6.84. The van der Waals surface area contributed by atoms with E-state index in [-0.39, 0.29) is 0 Å². The third-order valence-electron chi connectivity index (χ3n) is 4.25. The predicted molar refractivity (Wildman–Crippen MR) is 84.7 cm³/mol. The quantitative estimate of drug-likeness (QED) is 0.683. The molecule has 0 aromatic rings. The molecule has 0 amide bonds. The number of nitrogens with zero attached hydrogens (tertiary/aromatic N) is 2. The minimum Gasteiger partial charge on any atom is -0.315 e. The van der Waals surface area contributed by atoms with Crippen molar-refractivity contribution >= 4 is 0 Å². The second-order valence-corrected chi connectivity index (χ2v) is 6.84. The molecule has 0 aromatic heterocycles. The lowest BCUT2D eigenvalue weighted by molar-refractivity contribution is 0.121. The first-order chi connectivity index (χ1) is 8.99. The molecule has 3 heteroatoms. The van der Waals surface area contributed by atoms with Crippen molar-refractivity contribution in [1.82, 2.24) is 15.1 Å². The van der Waals surface area contributed by atoms with Crippen molar-refractivity contribution in [2.45, 2.75) is 58.5 Å². The summed E-state index contributed by atoms with van der Waals surface area (Å²) in [6, 6.07) is 1.38. The number of likely N-dealkylation sites (tertiary alicyclic amines) is 1. The van der Waals surface area contributed by atoms with Gasteiger partial charge in [0.1, 0.15) is 0 Å². The maximum absolute atomic E-state index is 3.51. The molecule has 0 aromatic carbocycles. The molecule has 1 aliphatic rings. The van der Waals surface area contributed by atoms with Gasteiger partial charge in [-0.25, -0.2) is 0 Å². The summed E-state index contributed by atoms with van der Waals surface area (Å²) in [5.41, 5.74) is 0. The Morgan fingerprint density at radius 3 is 2.32 bits per heavy atom. The summed E-state index contributed by atoms with van der Waals surface area (Å²) in [4.78, 5) is 5.03. The van der Waals surface area contributed by atoms with E-state index in [2.05, 4.69) is 50.0 Å². The van der Waals surface area contributed by atoms with E-state index in [0.717, 1.165) is 12.0 Å². The number of hydrogen-bond acceptors (Lipinski definition) is 3. The van der Waals surface area contributed by atoms with Gasteiger partial charge in [0.2, 0.25) is 0 Å². The molecule has 1 unspecified atom stereocenters. The first-order valence-electron chi connectivity index (χ1n) is 8.11. The van der Waals surface area contributed by atoms with Gasteiger partial charge in [0.05, 0.1) is 0 Å². The van der Waals surface area contributed by atoms with Crippen molar-refractivity contribution in [2.75, 3.05) is 40.3 Å². The normalized spacial score (nSPS) is 20.4. The fourth-order valence-corrected chi connectivity index (χ4v) is 3.06. The van der Waals surface area contributed by atoms with Gasteiger partial charge in [-0.2, -0.15) is 0 Å². The standard InChI is InChI=1S/C16H35N3/c1-14(2)17-10-6-7-15(3)19-11-8-16(9-12-19)13-18(4)5/h14-17H,6-13H2,1-5H3. The van der Waals surface area contributed by atoms with Crippen molar-refractivity contribution < 1.29 is 0 Å². The first kappa shape index (κ1) is 16.9. The smallest absolute Gasteiger partial charge is 0.00674 e. The van der Waals surface area contributed by atoms with Crippen molar-refractivity contribution in [3.63, 3.8) is 0 Å². The van der Waals surface area contributed by atoms with Crippen LogP contribution < -0.4 is 5.32 Å². The van der Waals surface area contributed by atoms with Gasteiger partial charge in [-0.1, -0.05) is 13.8 Å². The van der Waals surface area contributed by atoms with Crippen LogP contribution in [-0.2, 0) is 0 Å². The third-order valence-corrected chi connectivity index (χ3v) is 4.25. The van der Waals surface area contributed by atoms with Crippen LogP contribution >= 0.6 is 0 Å². The summed E-state index contributed by atoms with van der Waals surface area (Å²) in [6.07, 6.45) is 5.40. The number of nitrogens with one attached hydrogen (secondary N) is 1. The van der Waals surface area contributed by atoms with Gasteiger partial charge >= 0.3 is 0 Å². The largest absolute Gasteiger partial charge is 0.315 e. The molecule has 0 aliphatic carbocycles. The van der Waals surface area contributed by atoms with Crippen LogP contribution in [0.1, 0.15) is 46.5 Å². The maximum Gasteiger partial charge on any atom is 0.00674 e. The molecule has 0 bridgehead atoms. The molecular formula is C16H35N3. The van der Waals surface area contributed by atoms with Crippen LogP contribution in [0.25, 0.3) is 0 Å². The minimum absolute atomic E-state index is 0.622. The molecule has 1 N–H and O–H groups in total. The highest BCUT2D eigenvalue weighted by atomic mass is 15.2. The van der Waals surface area contributed by atoms with Gasteiger partial charge in [-0.3, -0.25) is 0 Å². The molecule has 19 heavy (non-hydrogen) atoms. The maximum atomic E-state index is 3.51. The Kier molecular flexibility index (Phi) is 7.96. The molecule has 1 fully saturated rings. The molecule has 1 rings (SSSR count). The zero-order chi connectivity index (χ0) is 14.3. The highest BCUT2D eigenvalue weighted by Crippen LogP contribution is 2.20. The highest BCUT2D eigenvalue weighted by Gasteiger charge is 2.22. The van der Waals surface area contributed by atoms with Crippen molar-refractivity contribution in [3.05, 3.63) is 0 Å². The summed E-state index contributed by atoms with van der Waals surface area (Å²) < 4.78 is 0. The van der Waals surface area contributed by atoms with E-state index in [1.807, 2.05) is 0 Å². The Morgan fingerprint density at radius 1 is 1.16 bits per heavy atom. The van der Waals surface area contributed by atoms with Crippen LogP contribution in [0.3, 0.4) is 0 Å². The van der Waals surface area contributed by atoms with E-state index < -0.39 is 0 Å². The van der Waals surface area contributed by atoms with Crippen LogP contribution in [0.4, 0.5) is 0 Å². The predicted octanol–water partition coefficient (Wildman–Crippen LogP) is 2.43. The van der Waals surface area contributed by atoms with E-state index in [4.69, 9.17) is 0 Å². The van der Waals surface area contributed by atoms with Gasteiger partial charge in [0.25, 0.3) is 0 Å². The van der Waals surface area contributed by atoms with Crippen LogP contribution in [0.15, 0.2) is 0 Å². The highest BCUT2D eigenvalue weighted by molar-refractivity contribution is 4.77. The second kappa shape index (κ2) is 8.93. The molecule has 114 valence electrons. The molecule has 0 radical (unpaired) electrons. The van der Waals surface area contributed by atoms with E-state index >= 15 is 0 Å². The summed E-state index contributed by atoms with van der Waals surface area (Å²) in [6.45, 7) is 11.9. The molecule has 1 aliphatic heterocycles. The average molecular weight is 269 g/mol. The van der Waals surface area contributed by atoms with Crippen molar-refractivity contribution in [2.24, 2.45) is 5.92 Å². The lowest BCUT2D eigenvalue weighted by Gasteiger charge is -2.37. The Hall–Kier alpha value is -0.120. The zero-order valence-corrected chi connectivity index (χ0v) is 13.8. The molecular weight excluding hydrogens is 234 g/mol. The van der Waals surface area contributed by atoms with Crippen LogP contribution in [0.2, 0.25) is 0 Å². The van der Waals surface area contributed by atoms with E-state index in [1.54, 1.807) is 0 Å². The van der Waals surface area contributed by atoms with Crippen LogP contribution in [0, 0.1) is 5.92 Å². The third kappa shape index (κ3) is 7.28. The molecule has 1 heterocycles. The Bertz CT molecular complexity index is 220. The summed E-state index contributed by atoms with van der Waals surface area (Å²) >= 11 is 0. The topological polar surface area (TPSA) is 18.5 Å². The number of piperidine rings is 1. The summed E-state index contributed by atoms with van der Waals surface area (Å²) in [5.74, 6) is 0.918. The molecule has 0 saturated carbocycles. The van der Waals surface area contributed by atoms with Crippen LogP contribution in [-0.4, -0.2) is 62.2 Å². The fourth-order valence-electron chi connectivity index (χ4n) is 3.06. The fraction of sp³-hybridized carbons (Fsp3) is 1.00. The Labute approximate surface area is 120 Å². The molecule has 0 spiro atoms. The van der Waals surface area contributed by atoms with Gasteiger partial charge in [-0.15, -0.1) is 0 Å². The van der Waals surface area contributed by atoms with Crippen LogP contribution in [0.5, 0.6) is 0 Å². The van der Waals surface area contributed by atoms with Crippen molar-refractivity contribution in [1.29, 1.82) is 0 Å². The summed E-state index contributed by atoms with van der Waals surface area (Å²) in [5, 5.41) is 3.51. The number of hydrogen-bond donors (Lipinski definition) is 1. The van der Waals surface area contributed by atoms with Gasteiger partial charge in [0.15, 0.2) is 0 Å². The molecule has 1 atom stereocenters.